The highest BCUT2D eigenvalue weighted by molar-refractivity contribution is 7.99. The van der Waals surface area contributed by atoms with E-state index in [0.29, 0.717) is 11.5 Å². The van der Waals surface area contributed by atoms with E-state index < -0.39 is 17.6 Å². The van der Waals surface area contributed by atoms with Crippen molar-refractivity contribution in [1.29, 1.82) is 0 Å². The van der Waals surface area contributed by atoms with E-state index in [0.717, 1.165) is 29.5 Å². The van der Waals surface area contributed by atoms with Crippen molar-refractivity contribution in [1.82, 2.24) is 15.2 Å². The van der Waals surface area contributed by atoms with Gasteiger partial charge in [-0.25, -0.2) is 10.5 Å². The van der Waals surface area contributed by atoms with Crippen molar-refractivity contribution in [2.24, 2.45) is 5.10 Å². The zero-order chi connectivity index (χ0) is 23.1. The third-order valence-corrected chi connectivity index (χ3v) is 4.94. The molecule has 0 radical (unpaired) electrons. The number of thioether (sulfide) groups is 1. The van der Waals surface area contributed by atoms with Gasteiger partial charge >= 0.3 is 6.18 Å². The molecule has 0 aliphatic rings. The molecule has 1 amide bonds. The Bertz CT molecular complexity index is 1120. The molecule has 0 saturated heterocycles. The number of hydrogen-bond donors (Lipinski definition) is 3. The van der Waals surface area contributed by atoms with Crippen molar-refractivity contribution in [2.45, 2.75) is 18.3 Å². The summed E-state index contributed by atoms with van der Waals surface area (Å²) >= 11 is 1.02. The third kappa shape index (κ3) is 6.48. The normalized spacial score (nSPS) is 11.8. The minimum atomic E-state index is -4.48. The van der Waals surface area contributed by atoms with E-state index in [1.54, 1.807) is 7.11 Å². The van der Waals surface area contributed by atoms with Crippen LogP contribution in [0.4, 0.5) is 24.8 Å². The second-order valence-corrected chi connectivity index (χ2v) is 7.37. The number of carbonyl (C=O) groups excluding carboxylic acids is 1. The first kappa shape index (κ1) is 23.1. The summed E-state index contributed by atoms with van der Waals surface area (Å²) in [4.78, 5) is 16.2. The standard InChI is InChI=1S/C20H19F3N6O2S/c1-12(13-5-3-8-16(9-13)31-2)26-27-18-25-19(29-28-18)32-11-17(30)24-15-7-4-6-14(10-15)20(21,22)23/h3-10H,11H2,1-2H3,(H,24,30)(H2,25,27,28,29)/b26-12+. The Kier molecular flexibility index (Phi) is 7.36. The van der Waals surface area contributed by atoms with Crippen molar-refractivity contribution < 1.29 is 22.7 Å². The highest BCUT2D eigenvalue weighted by Gasteiger charge is 2.30. The molecule has 8 nitrogen and oxygen atoms in total. The minimum Gasteiger partial charge on any atom is -0.497 e. The number of hydrazone groups is 1. The van der Waals surface area contributed by atoms with E-state index in [2.05, 4.69) is 31.0 Å². The smallest absolute Gasteiger partial charge is 0.416 e. The molecule has 0 saturated carbocycles. The van der Waals surface area contributed by atoms with E-state index in [4.69, 9.17) is 4.74 Å². The number of amides is 1. The number of nitrogens with zero attached hydrogens (tertiary/aromatic N) is 3. The van der Waals surface area contributed by atoms with Gasteiger partial charge in [-0.3, -0.25) is 4.79 Å². The molecule has 3 rings (SSSR count). The molecule has 0 spiro atoms. The van der Waals surface area contributed by atoms with E-state index in [1.165, 1.54) is 12.1 Å². The number of anilines is 2. The van der Waals surface area contributed by atoms with Gasteiger partial charge in [0.1, 0.15) is 5.75 Å². The van der Waals surface area contributed by atoms with Gasteiger partial charge in [0.05, 0.1) is 24.1 Å². The summed E-state index contributed by atoms with van der Waals surface area (Å²) in [7, 11) is 1.58. The molecule has 0 bridgehead atoms. The predicted octanol–water partition coefficient (Wildman–Crippen LogP) is 4.40. The monoisotopic (exact) mass is 464 g/mol. The van der Waals surface area contributed by atoms with E-state index in [1.807, 2.05) is 31.2 Å². The van der Waals surface area contributed by atoms with Gasteiger partial charge in [-0.15, -0.1) is 5.10 Å². The number of carbonyl (C=O) groups is 1. The van der Waals surface area contributed by atoms with Crippen LogP contribution in [0.15, 0.2) is 58.8 Å². The summed E-state index contributed by atoms with van der Waals surface area (Å²) in [5.41, 5.74) is 3.52. The number of benzene rings is 2. The summed E-state index contributed by atoms with van der Waals surface area (Å²) in [5, 5.41) is 13.6. The maximum atomic E-state index is 12.8. The first-order valence-electron chi connectivity index (χ1n) is 9.21. The van der Waals surface area contributed by atoms with Gasteiger partial charge in [0.25, 0.3) is 0 Å². The molecule has 3 N–H and O–H groups in total. The molecule has 1 aromatic heterocycles. The number of ether oxygens (including phenoxy) is 1. The van der Waals surface area contributed by atoms with Crippen molar-refractivity contribution in [3.63, 3.8) is 0 Å². The molecular formula is C20H19F3N6O2S. The molecule has 0 fully saturated rings. The first-order valence-corrected chi connectivity index (χ1v) is 10.2. The Morgan fingerprint density at radius 2 is 2.00 bits per heavy atom. The van der Waals surface area contributed by atoms with E-state index in [9.17, 15) is 18.0 Å². The molecule has 2 aromatic carbocycles. The van der Waals surface area contributed by atoms with E-state index >= 15 is 0 Å². The SMILES string of the molecule is COc1cccc(/C(C)=N/Nc2nc(SCC(=O)Nc3cccc(C(F)(F)F)c3)n[nH]2)c1. The molecule has 0 unspecified atom stereocenters. The Morgan fingerprint density at radius 1 is 1.22 bits per heavy atom. The number of aromatic amines is 1. The highest BCUT2D eigenvalue weighted by Crippen LogP contribution is 2.30. The lowest BCUT2D eigenvalue weighted by Gasteiger charge is -2.09. The maximum absolute atomic E-state index is 12.8. The van der Waals surface area contributed by atoms with Gasteiger partial charge in [0, 0.05) is 11.3 Å². The fourth-order valence-electron chi connectivity index (χ4n) is 2.51. The predicted molar refractivity (Wildman–Crippen MR) is 116 cm³/mol. The molecule has 1 heterocycles. The molecule has 0 aliphatic carbocycles. The lowest BCUT2D eigenvalue weighted by molar-refractivity contribution is -0.137. The number of alkyl halides is 3. The summed E-state index contributed by atoms with van der Waals surface area (Å²) in [6.07, 6.45) is -4.48. The van der Waals surface area contributed by atoms with Crippen LogP contribution in [-0.2, 0) is 11.0 Å². The van der Waals surface area contributed by atoms with Crippen LogP contribution in [0.1, 0.15) is 18.1 Å². The zero-order valence-corrected chi connectivity index (χ0v) is 17.8. The Hall–Kier alpha value is -3.54. The Labute approximate surface area is 185 Å². The molecular weight excluding hydrogens is 445 g/mol. The second kappa shape index (κ2) is 10.2. The van der Waals surface area contributed by atoms with Crippen LogP contribution < -0.4 is 15.5 Å². The van der Waals surface area contributed by atoms with Crippen LogP contribution >= 0.6 is 11.8 Å². The van der Waals surface area contributed by atoms with Crippen LogP contribution in [0.25, 0.3) is 0 Å². The summed E-state index contributed by atoms with van der Waals surface area (Å²) < 4.78 is 43.5. The van der Waals surface area contributed by atoms with Crippen molar-refractivity contribution >= 4 is 35.0 Å². The van der Waals surface area contributed by atoms with Crippen molar-refractivity contribution in [3.8, 4) is 5.75 Å². The number of methoxy groups -OCH3 is 1. The largest absolute Gasteiger partial charge is 0.497 e. The third-order valence-electron chi connectivity index (χ3n) is 4.09. The molecule has 3 aromatic rings. The van der Waals surface area contributed by atoms with Crippen molar-refractivity contribution in [3.05, 3.63) is 59.7 Å². The van der Waals surface area contributed by atoms with Gasteiger partial charge in [-0.2, -0.15) is 23.3 Å². The fourth-order valence-corrected chi connectivity index (χ4v) is 3.11. The topological polar surface area (TPSA) is 104 Å². The van der Waals surface area contributed by atoms with Crippen LogP contribution in [0.3, 0.4) is 0 Å². The summed E-state index contributed by atoms with van der Waals surface area (Å²) in [6.45, 7) is 1.81. The number of hydrogen-bond acceptors (Lipinski definition) is 7. The van der Waals surface area contributed by atoms with Gasteiger partial charge in [-0.05, 0) is 37.3 Å². The summed E-state index contributed by atoms with van der Waals surface area (Å²) in [5.74, 6) is 0.409. The van der Waals surface area contributed by atoms with Crippen LogP contribution in [-0.4, -0.2) is 39.7 Å². The number of H-pyrrole nitrogens is 1. The average Bonchev–Trinajstić information content (AvgIpc) is 3.23. The number of nitrogens with one attached hydrogen (secondary N) is 3. The summed E-state index contributed by atoms with van der Waals surface area (Å²) in [6, 6.07) is 11.8. The minimum absolute atomic E-state index is 0.0603. The first-order chi connectivity index (χ1) is 15.2. The van der Waals surface area contributed by atoms with Crippen molar-refractivity contribution in [2.75, 3.05) is 23.6 Å². The lowest BCUT2D eigenvalue weighted by Crippen LogP contribution is -2.15. The van der Waals surface area contributed by atoms with Gasteiger partial charge < -0.3 is 10.1 Å². The molecule has 168 valence electrons. The molecule has 0 atom stereocenters. The number of halogens is 3. The van der Waals surface area contributed by atoms with Gasteiger partial charge in [-0.1, -0.05) is 30.0 Å². The number of aromatic nitrogens is 3. The van der Waals surface area contributed by atoms with Gasteiger partial charge in [0.2, 0.25) is 17.0 Å². The maximum Gasteiger partial charge on any atom is 0.416 e. The Morgan fingerprint density at radius 3 is 2.75 bits per heavy atom. The highest BCUT2D eigenvalue weighted by atomic mass is 32.2. The lowest BCUT2D eigenvalue weighted by atomic mass is 10.1. The number of rotatable bonds is 8. The van der Waals surface area contributed by atoms with E-state index in [-0.39, 0.29) is 22.5 Å². The van der Waals surface area contributed by atoms with Gasteiger partial charge in [0.15, 0.2) is 0 Å². The molecule has 32 heavy (non-hydrogen) atoms. The molecule has 12 heteroatoms. The zero-order valence-electron chi connectivity index (χ0n) is 17.0. The molecule has 0 aliphatic heterocycles. The average molecular weight is 464 g/mol. The van der Waals surface area contributed by atoms with Crippen LogP contribution in [0.2, 0.25) is 0 Å². The quantitative estimate of drug-likeness (QED) is 0.259. The fraction of sp³-hybridized carbons (Fsp3) is 0.200. The Balaban J connectivity index is 1.52. The second-order valence-electron chi connectivity index (χ2n) is 6.42. The van der Waals surface area contributed by atoms with Crippen LogP contribution in [0, 0.1) is 0 Å². The van der Waals surface area contributed by atoms with Crippen LogP contribution in [0.5, 0.6) is 5.75 Å².